The van der Waals surface area contributed by atoms with Crippen LogP contribution in [0.2, 0.25) is 0 Å². The molecule has 27 heavy (non-hydrogen) atoms. The molecule has 6 nitrogen and oxygen atoms in total. The molecule has 1 aromatic heterocycles. The SMILES string of the molecule is Cc1cc(CN2CCN(CC(=O)N[C@H]3CCCc4ccccc43)CC2)no1. The third kappa shape index (κ3) is 4.57. The van der Waals surface area contributed by atoms with Crippen molar-refractivity contribution < 1.29 is 9.32 Å². The Balaban J connectivity index is 1.24. The molecule has 0 spiro atoms. The quantitative estimate of drug-likeness (QED) is 0.877. The molecule has 4 rings (SSSR count). The van der Waals surface area contributed by atoms with E-state index in [9.17, 15) is 4.79 Å². The van der Waals surface area contributed by atoms with Gasteiger partial charge in [-0.15, -0.1) is 0 Å². The van der Waals surface area contributed by atoms with Crippen LogP contribution in [0.5, 0.6) is 0 Å². The summed E-state index contributed by atoms with van der Waals surface area (Å²) in [6, 6.07) is 10.6. The fourth-order valence-electron chi connectivity index (χ4n) is 4.17. The Labute approximate surface area is 160 Å². The molecule has 0 saturated carbocycles. The van der Waals surface area contributed by atoms with Crippen LogP contribution in [-0.4, -0.2) is 53.6 Å². The maximum atomic E-state index is 12.6. The predicted molar refractivity (Wildman–Crippen MR) is 103 cm³/mol. The number of nitrogens with one attached hydrogen (secondary N) is 1. The monoisotopic (exact) mass is 368 g/mol. The second-order valence-electron chi connectivity index (χ2n) is 7.69. The highest BCUT2D eigenvalue weighted by Crippen LogP contribution is 2.29. The van der Waals surface area contributed by atoms with E-state index >= 15 is 0 Å². The van der Waals surface area contributed by atoms with Gasteiger partial charge in [-0.1, -0.05) is 29.4 Å². The van der Waals surface area contributed by atoms with Gasteiger partial charge in [0.15, 0.2) is 0 Å². The van der Waals surface area contributed by atoms with Crippen molar-refractivity contribution >= 4 is 5.91 Å². The zero-order chi connectivity index (χ0) is 18.6. The van der Waals surface area contributed by atoms with E-state index in [0.717, 1.165) is 63.4 Å². The van der Waals surface area contributed by atoms with Crippen LogP contribution in [0.25, 0.3) is 0 Å². The minimum atomic E-state index is 0.136. The highest BCUT2D eigenvalue weighted by Gasteiger charge is 2.24. The fourth-order valence-corrected chi connectivity index (χ4v) is 4.17. The van der Waals surface area contributed by atoms with Gasteiger partial charge in [0.2, 0.25) is 5.91 Å². The van der Waals surface area contributed by atoms with Crippen molar-refractivity contribution in [1.82, 2.24) is 20.3 Å². The number of hydrogen-bond acceptors (Lipinski definition) is 5. The molecule has 1 aliphatic heterocycles. The molecule has 0 unspecified atom stereocenters. The predicted octanol–water partition coefficient (Wildman–Crippen LogP) is 2.29. The number of carbonyl (C=O) groups is 1. The Morgan fingerprint density at radius 2 is 2.00 bits per heavy atom. The maximum Gasteiger partial charge on any atom is 0.234 e. The van der Waals surface area contributed by atoms with E-state index in [1.54, 1.807) is 0 Å². The zero-order valence-corrected chi connectivity index (χ0v) is 16.0. The van der Waals surface area contributed by atoms with Crippen LogP contribution in [0.4, 0.5) is 0 Å². The average molecular weight is 368 g/mol. The number of aryl methyl sites for hydroxylation is 2. The van der Waals surface area contributed by atoms with Crippen molar-refractivity contribution in [1.29, 1.82) is 0 Å². The van der Waals surface area contributed by atoms with Crippen molar-refractivity contribution in [3.05, 3.63) is 52.9 Å². The van der Waals surface area contributed by atoms with E-state index in [1.807, 2.05) is 13.0 Å². The van der Waals surface area contributed by atoms with Crippen LogP contribution < -0.4 is 5.32 Å². The van der Waals surface area contributed by atoms with Crippen molar-refractivity contribution in [3.8, 4) is 0 Å². The normalized spacial score (nSPS) is 21.0. The number of aromatic nitrogens is 1. The Hall–Kier alpha value is -2.18. The summed E-state index contributed by atoms with van der Waals surface area (Å²) in [4.78, 5) is 17.2. The lowest BCUT2D eigenvalue weighted by molar-refractivity contribution is -0.123. The number of piperazine rings is 1. The molecule has 0 bridgehead atoms. The van der Waals surface area contributed by atoms with Gasteiger partial charge >= 0.3 is 0 Å². The maximum absolute atomic E-state index is 12.6. The minimum Gasteiger partial charge on any atom is -0.361 e. The molecule has 1 aliphatic carbocycles. The first-order valence-corrected chi connectivity index (χ1v) is 9.91. The van der Waals surface area contributed by atoms with Crippen LogP contribution in [-0.2, 0) is 17.8 Å². The van der Waals surface area contributed by atoms with Crippen LogP contribution >= 0.6 is 0 Å². The third-order valence-electron chi connectivity index (χ3n) is 5.60. The Bertz CT molecular complexity index is 780. The minimum absolute atomic E-state index is 0.136. The number of benzene rings is 1. The topological polar surface area (TPSA) is 61.6 Å². The summed E-state index contributed by atoms with van der Waals surface area (Å²) < 4.78 is 5.14. The summed E-state index contributed by atoms with van der Waals surface area (Å²) in [7, 11) is 0. The first kappa shape index (κ1) is 18.2. The van der Waals surface area contributed by atoms with Crippen molar-refractivity contribution in [2.45, 2.75) is 38.8 Å². The largest absolute Gasteiger partial charge is 0.361 e. The third-order valence-corrected chi connectivity index (χ3v) is 5.60. The number of fused-ring (bicyclic) bond motifs is 1. The first-order chi connectivity index (χ1) is 13.2. The lowest BCUT2D eigenvalue weighted by Crippen LogP contribution is -2.49. The van der Waals surface area contributed by atoms with Gasteiger partial charge in [-0.05, 0) is 37.3 Å². The lowest BCUT2D eigenvalue weighted by atomic mass is 9.88. The van der Waals surface area contributed by atoms with Crippen LogP contribution in [0.3, 0.4) is 0 Å². The van der Waals surface area contributed by atoms with E-state index in [4.69, 9.17) is 4.52 Å². The number of carbonyl (C=O) groups excluding carboxylic acids is 1. The van der Waals surface area contributed by atoms with E-state index in [0.29, 0.717) is 6.54 Å². The summed E-state index contributed by atoms with van der Waals surface area (Å²) in [6.07, 6.45) is 3.30. The number of rotatable bonds is 5. The van der Waals surface area contributed by atoms with Gasteiger partial charge in [0.25, 0.3) is 0 Å². The molecule has 0 radical (unpaired) electrons. The molecular formula is C21H28N4O2. The van der Waals surface area contributed by atoms with Crippen LogP contribution in [0.1, 0.15) is 41.5 Å². The van der Waals surface area contributed by atoms with Gasteiger partial charge in [-0.3, -0.25) is 14.6 Å². The van der Waals surface area contributed by atoms with Gasteiger partial charge < -0.3 is 9.84 Å². The molecule has 1 fully saturated rings. The van der Waals surface area contributed by atoms with Gasteiger partial charge in [0.05, 0.1) is 18.3 Å². The van der Waals surface area contributed by atoms with Crippen molar-refractivity contribution in [2.24, 2.45) is 0 Å². The standard InChI is InChI=1S/C21H28N4O2/c1-16-13-18(23-27-16)14-24-9-11-25(12-10-24)15-21(26)22-20-8-4-6-17-5-2-3-7-19(17)20/h2-3,5,7,13,20H,4,6,8-12,14-15H2,1H3,(H,22,26)/t20-/m0/s1. The van der Waals surface area contributed by atoms with E-state index in [1.165, 1.54) is 11.1 Å². The highest BCUT2D eigenvalue weighted by molar-refractivity contribution is 5.78. The Morgan fingerprint density at radius 1 is 1.22 bits per heavy atom. The molecule has 144 valence electrons. The van der Waals surface area contributed by atoms with Gasteiger partial charge in [0.1, 0.15) is 5.76 Å². The summed E-state index contributed by atoms with van der Waals surface area (Å²) in [6.45, 7) is 6.93. The summed E-state index contributed by atoms with van der Waals surface area (Å²) in [5.41, 5.74) is 3.66. The second kappa shape index (κ2) is 8.23. The summed E-state index contributed by atoms with van der Waals surface area (Å²) in [5, 5.41) is 7.33. The van der Waals surface area contributed by atoms with Gasteiger partial charge in [0, 0.05) is 38.8 Å². The van der Waals surface area contributed by atoms with Crippen LogP contribution in [0, 0.1) is 6.92 Å². The molecule has 1 saturated heterocycles. The van der Waals surface area contributed by atoms with E-state index in [2.05, 4.69) is 44.5 Å². The lowest BCUT2D eigenvalue weighted by Gasteiger charge is -2.34. The Kier molecular flexibility index (Phi) is 5.55. The summed E-state index contributed by atoms with van der Waals surface area (Å²) >= 11 is 0. The molecule has 1 amide bonds. The van der Waals surface area contributed by atoms with Crippen LogP contribution in [0.15, 0.2) is 34.9 Å². The molecule has 2 aliphatic rings. The molecule has 2 heterocycles. The highest BCUT2D eigenvalue weighted by atomic mass is 16.5. The van der Waals surface area contributed by atoms with Crippen molar-refractivity contribution in [2.75, 3.05) is 32.7 Å². The van der Waals surface area contributed by atoms with E-state index < -0.39 is 0 Å². The average Bonchev–Trinajstić information content (AvgIpc) is 3.08. The molecule has 2 aromatic rings. The number of hydrogen-bond donors (Lipinski definition) is 1. The smallest absolute Gasteiger partial charge is 0.234 e. The van der Waals surface area contributed by atoms with E-state index in [-0.39, 0.29) is 11.9 Å². The molecule has 6 heteroatoms. The molecule has 1 aromatic carbocycles. The van der Waals surface area contributed by atoms with Crippen molar-refractivity contribution in [3.63, 3.8) is 0 Å². The summed E-state index contributed by atoms with van der Waals surface area (Å²) in [5.74, 6) is 0.988. The Morgan fingerprint density at radius 3 is 2.78 bits per heavy atom. The molecule has 1 N–H and O–H groups in total. The number of nitrogens with zero attached hydrogens (tertiary/aromatic N) is 3. The second-order valence-corrected chi connectivity index (χ2v) is 7.69. The number of amides is 1. The fraction of sp³-hybridized carbons (Fsp3) is 0.524. The zero-order valence-electron chi connectivity index (χ0n) is 16.0. The van der Waals surface area contributed by atoms with Gasteiger partial charge in [-0.2, -0.15) is 0 Å². The molecule has 1 atom stereocenters. The van der Waals surface area contributed by atoms with Gasteiger partial charge in [-0.25, -0.2) is 0 Å². The molecular weight excluding hydrogens is 340 g/mol. The first-order valence-electron chi connectivity index (χ1n) is 9.91.